The van der Waals surface area contributed by atoms with E-state index in [2.05, 4.69) is 10.6 Å². The fourth-order valence-corrected chi connectivity index (χ4v) is 1.84. The summed E-state index contributed by atoms with van der Waals surface area (Å²) in [5.41, 5.74) is 1.83. The zero-order chi connectivity index (χ0) is 14.2. The van der Waals surface area contributed by atoms with Crippen molar-refractivity contribution in [3.63, 3.8) is 0 Å². The van der Waals surface area contributed by atoms with E-state index < -0.39 is 0 Å². The fourth-order valence-electron chi connectivity index (χ4n) is 1.84. The second-order valence-electron chi connectivity index (χ2n) is 4.48. The maximum atomic E-state index is 12.7. The number of carbonyl (C=O) groups is 1. The van der Waals surface area contributed by atoms with Crippen LogP contribution >= 0.6 is 0 Å². The van der Waals surface area contributed by atoms with Crippen LogP contribution in [0.4, 0.5) is 14.9 Å². The average Bonchev–Trinajstić information content (AvgIpc) is 2.46. The molecular weight excluding hydrogens is 255 g/mol. The van der Waals surface area contributed by atoms with Crippen LogP contribution in [0.15, 0.2) is 54.6 Å². The van der Waals surface area contributed by atoms with Crippen LogP contribution in [0.3, 0.4) is 0 Å². The van der Waals surface area contributed by atoms with Crippen molar-refractivity contribution in [1.29, 1.82) is 0 Å². The summed E-state index contributed by atoms with van der Waals surface area (Å²) in [7, 11) is 0. The van der Waals surface area contributed by atoms with E-state index in [1.807, 2.05) is 30.3 Å². The third-order valence-electron chi connectivity index (χ3n) is 2.87. The number of nitrogens with one attached hydrogen (secondary N) is 2. The highest BCUT2D eigenvalue weighted by molar-refractivity contribution is 5.89. The lowest BCUT2D eigenvalue weighted by atomic mass is 10.1. The molecular formula is C16H17FN2O. The molecule has 0 aromatic heterocycles. The highest BCUT2D eigenvalue weighted by Crippen LogP contribution is 2.06. The van der Waals surface area contributed by atoms with Crippen LogP contribution in [0.25, 0.3) is 0 Å². The van der Waals surface area contributed by atoms with Gasteiger partial charge in [-0.2, -0.15) is 0 Å². The second kappa shape index (κ2) is 7.28. The third kappa shape index (κ3) is 4.72. The minimum absolute atomic E-state index is 0.213. The number of anilines is 1. The van der Waals surface area contributed by atoms with Gasteiger partial charge in [0.25, 0.3) is 0 Å². The van der Waals surface area contributed by atoms with Crippen LogP contribution in [-0.2, 0) is 6.42 Å². The molecule has 2 rings (SSSR count). The van der Waals surface area contributed by atoms with Crippen molar-refractivity contribution in [3.8, 4) is 0 Å². The largest absolute Gasteiger partial charge is 0.338 e. The minimum atomic E-state index is -0.228. The van der Waals surface area contributed by atoms with Gasteiger partial charge < -0.3 is 10.6 Å². The number of halogens is 1. The molecule has 0 fully saturated rings. The SMILES string of the molecule is O=C(NCCCc1ccc(F)cc1)Nc1ccccc1. The number of amides is 2. The fraction of sp³-hybridized carbons (Fsp3) is 0.188. The Morgan fingerprint density at radius 3 is 2.40 bits per heavy atom. The smallest absolute Gasteiger partial charge is 0.319 e. The summed E-state index contributed by atoms with van der Waals surface area (Å²) >= 11 is 0. The molecule has 3 nitrogen and oxygen atoms in total. The summed E-state index contributed by atoms with van der Waals surface area (Å²) in [4.78, 5) is 11.6. The molecule has 104 valence electrons. The first kappa shape index (κ1) is 14.1. The number of carbonyl (C=O) groups excluding carboxylic acids is 1. The van der Waals surface area contributed by atoms with Gasteiger partial charge in [0.1, 0.15) is 5.82 Å². The molecule has 0 unspecified atom stereocenters. The molecule has 0 saturated heterocycles. The van der Waals surface area contributed by atoms with Gasteiger partial charge in [0, 0.05) is 12.2 Å². The standard InChI is InChI=1S/C16H17FN2O/c17-14-10-8-13(9-11-14)5-4-12-18-16(20)19-15-6-2-1-3-7-15/h1-3,6-11H,4-5,12H2,(H2,18,19,20). The van der Waals surface area contributed by atoms with Gasteiger partial charge >= 0.3 is 6.03 Å². The van der Waals surface area contributed by atoms with Crippen LogP contribution in [0.1, 0.15) is 12.0 Å². The number of hydrogen-bond acceptors (Lipinski definition) is 1. The van der Waals surface area contributed by atoms with Crippen LogP contribution < -0.4 is 10.6 Å². The number of urea groups is 1. The monoisotopic (exact) mass is 272 g/mol. The lowest BCUT2D eigenvalue weighted by molar-refractivity contribution is 0.252. The number of benzene rings is 2. The minimum Gasteiger partial charge on any atom is -0.338 e. The molecule has 0 aliphatic heterocycles. The lowest BCUT2D eigenvalue weighted by Gasteiger charge is -2.07. The normalized spacial score (nSPS) is 10.1. The van der Waals surface area contributed by atoms with E-state index in [-0.39, 0.29) is 11.8 Å². The van der Waals surface area contributed by atoms with Gasteiger partial charge in [0.2, 0.25) is 0 Å². The van der Waals surface area contributed by atoms with E-state index in [0.29, 0.717) is 6.54 Å². The Hall–Kier alpha value is -2.36. The summed E-state index contributed by atoms with van der Waals surface area (Å²) in [6.07, 6.45) is 1.62. The van der Waals surface area contributed by atoms with Crippen molar-refractivity contribution in [2.45, 2.75) is 12.8 Å². The highest BCUT2D eigenvalue weighted by atomic mass is 19.1. The van der Waals surface area contributed by atoms with Crippen LogP contribution in [-0.4, -0.2) is 12.6 Å². The zero-order valence-electron chi connectivity index (χ0n) is 11.1. The van der Waals surface area contributed by atoms with Crippen molar-refractivity contribution in [2.24, 2.45) is 0 Å². The van der Waals surface area contributed by atoms with Crippen molar-refractivity contribution < 1.29 is 9.18 Å². The third-order valence-corrected chi connectivity index (χ3v) is 2.87. The van der Waals surface area contributed by atoms with E-state index in [0.717, 1.165) is 24.1 Å². The Morgan fingerprint density at radius 2 is 1.70 bits per heavy atom. The molecule has 0 aliphatic rings. The Kier molecular flexibility index (Phi) is 5.12. The molecule has 2 aromatic carbocycles. The van der Waals surface area contributed by atoms with Gasteiger partial charge in [0.15, 0.2) is 0 Å². The van der Waals surface area contributed by atoms with Crippen molar-refractivity contribution in [1.82, 2.24) is 5.32 Å². The molecule has 4 heteroatoms. The summed E-state index contributed by atoms with van der Waals surface area (Å²) < 4.78 is 12.7. The van der Waals surface area contributed by atoms with Gasteiger partial charge in [-0.15, -0.1) is 0 Å². The Labute approximate surface area is 117 Å². The molecule has 0 bridgehead atoms. The molecule has 0 spiro atoms. The van der Waals surface area contributed by atoms with Crippen molar-refractivity contribution in [2.75, 3.05) is 11.9 Å². The molecule has 0 heterocycles. The quantitative estimate of drug-likeness (QED) is 0.802. The van der Waals surface area contributed by atoms with Gasteiger partial charge in [-0.3, -0.25) is 0 Å². The zero-order valence-corrected chi connectivity index (χ0v) is 11.1. The maximum Gasteiger partial charge on any atom is 0.319 e. The van der Waals surface area contributed by atoms with Gasteiger partial charge in [-0.1, -0.05) is 30.3 Å². The van der Waals surface area contributed by atoms with E-state index in [1.54, 1.807) is 12.1 Å². The molecule has 0 saturated carbocycles. The van der Waals surface area contributed by atoms with Crippen LogP contribution in [0, 0.1) is 5.82 Å². The summed E-state index contributed by atoms with van der Waals surface area (Å²) in [5.74, 6) is -0.228. The van der Waals surface area contributed by atoms with Gasteiger partial charge in [-0.25, -0.2) is 9.18 Å². The second-order valence-corrected chi connectivity index (χ2v) is 4.48. The Morgan fingerprint density at radius 1 is 1.00 bits per heavy atom. The summed E-state index contributed by atoms with van der Waals surface area (Å²) in [6, 6.07) is 15.5. The number of aryl methyl sites for hydroxylation is 1. The lowest BCUT2D eigenvalue weighted by Crippen LogP contribution is -2.29. The van der Waals surface area contributed by atoms with Crippen molar-refractivity contribution >= 4 is 11.7 Å². The van der Waals surface area contributed by atoms with E-state index in [4.69, 9.17) is 0 Å². The molecule has 20 heavy (non-hydrogen) atoms. The van der Waals surface area contributed by atoms with Gasteiger partial charge in [-0.05, 0) is 42.7 Å². The Bertz CT molecular complexity index is 540. The summed E-state index contributed by atoms with van der Waals surface area (Å²) in [6.45, 7) is 0.579. The predicted octanol–water partition coefficient (Wildman–Crippen LogP) is 3.58. The molecule has 2 amide bonds. The van der Waals surface area contributed by atoms with Crippen molar-refractivity contribution in [3.05, 3.63) is 66.0 Å². The molecule has 0 aliphatic carbocycles. The number of hydrogen-bond donors (Lipinski definition) is 2. The highest BCUT2D eigenvalue weighted by Gasteiger charge is 2.00. The maximum absolute atomic E-state index is 12.7. The summed E-state index contributed by atoms with van der Waals surface area (Å²) in [5, 5.41) is 5.54. The van der Waals surface area contributed by atoms with E-state index in [1.165, 1.54) is 12.1 Å². The van der Waals surface area contributed by atoms with E-state index >= 15 is 0 Å². The average molecular weight is 272 g/mol. The molecule has 0 atom stereocenters. The first-order chi connectivity index (χ1) is 9.74. The predicted molar refractivity (Wildman–Crippen MR) is 78.2 cm³/mol. The van der Waals surface area contributed by atoms with E-state index in [9.17, 15) is 9.18 Å². The first-order valence-electron chi connectivity index (χ1n) is 6.58. The van der Waals surface area contributed by atoms with Crippen LogP contribution in [0.5, 0.6) is 0 Å². The van der Waals surface area contributed by atoms with Crippen LogP contribution in [0.2, 0.25) is 0 Å². The molecule has 0 radical (unpaired) electrons. The Balaban J connectivity index is 1.66. The molecule has 2 N–H and O–H groups in total. The number of para-hydroxylation sites is 1. The van der Waals surface area contributed by atoms with Gasteiger partial charge in [0.05, 0.1) is 0 Å². The molecule has 2 aromatic rings. The first-order valence-corrected chi connectivity index (χ1v) is 6.58. The number of rotatable bonds is 5. The topological polar surface area (TPSA) is 41.1 Å².